The predicted molar refractivity (Wildman–Crippen MR) is 205 cm³/mol. The number of carbonyl (C=O) groups excluding carboxylic acids is 4. The van der Waals surface area contributed by atoms with E-state index in [1.54, 1.807) is 22.9 Å². The van der Waals surface area contributed by atoms with Crippen LogP contribution in [0.25, 0.3) is 21.1 Å². The average molecular weight is 776 g/mol. The summed E-state index contributed by atoms with van der Waals surface area (Å²) in [6.45, 7) is 0. The molecular weight excluding hydrogens is 739 g/mol. The van der Waals surface area contributed by atoms with Gasteiger partial charge in [-0.05, 0) is 42.9 Å². The smallest absolute Gasteiger partial charge is 0.315 e. The summed E-state index contributed by atoms with van der Waals surface area (Å²) in [5.41, 5.74) is 2.75. The van der Waals surface area contributed by atoms with E-state index in [9.17, 15) is 19.2 Å². The predicted octanol–water partition coefficient (Wildman–Crippen LogP) is 8.81. The molecule has 1 fully saturated rings. The van der Waals surface area contributed by atoms with Crippen molar-refractivity contribution in [2.45, 2.75) is 63.5 Å². The van der Waals surface area contributed by atoms with Crippen molar-refractivity contribution in [1.82, 2.24) is 20.6 Å². The Morgan fingerprint density at radius 1 is 0.692 bits per heavy atom. The van der Waals surface area contributed by atoms with Crippen molar-refractivity contribution in [3.05, 3.63) is 117 Å². The fraction of sp³-hybridized carbons (Fsp3) is 0.282. The highest BCUT2D eigenvalue weighted by molar-refractivity contribution is 7.13. The van der Waals surface area contributed by atoms with E-state index in [2.05, 4.69) is 20.6 Å². The molecule has 1 aliphatic rings. The van der Waals surface area contributed by atoms with Crippen LogP contribution in [0, 0.1) is 5.92 Å². The zero-order valence-electron chi connectivity index (χ0n) is 28.1. The van der Waals surface area contributed by atoms with E-state index in [1.165, 1.54) is 22.7 Å². The van der Waals surface area contributed by atoms with Gasteiger partial charge in [0.05, 0.1) is 22.9 Å². The van der Waals surface area contributed by atoms with Crippen LogP contribution >= 0.6 is 45.9 Å². The summed E-state index contributed by atoms with van der Waals surface area (Å²) in [5.74, 6) is -2.35. The van der Waals surface area contributed by atoms with Gasteiger partial charge in [-0.2, -0.15) is 0 Å². The zero-order valence-corrected chi connectivity index (χ0v) is 31.2. The molecule has 1 saturated carbocycles. The average Bonchev–Trinajstić information content (AvgIpc) is 3.84. The van der Waals surface area contributed by atoms with Gasteiger partial charge in [0.15, 0.2) is 0 Å². The van der Waals surface area contributed by atoms with Crippen LogP contribution in [0.4, 0.5) is 0 Å². The fourth-order valence-electron chi connectivity index (χ4n) is 6.31. The molecule has 2 atom stereocenters. The van der Waals surface area contributed by atoms with Crippen molar-refractivity contribution in [3.63, 3.8) is 0 Å². The molecule has 5 aromatic rings. The minimum atomic E-state index is -0.779. The minimum absolute atomic E-state index is 0.0425. The monoisotopic (exact) mass is 774 g/mol. The van der Waals surface area contributed by atoms with Gasteiger partial charge in [-0.1, -0.05) is 109 Å². The highest BCUT2D eigenvalue weighted by atomic mass is 35.5. The standard InChI is InChI=1S/C39H36Cl2N4O5S2/c40-29-17-9-7-15-27(29)38-44-32(22-51-38)36(48)42-26(19-24-11-3-1-4-12-24)20-34(46)50-35(47)21-31(25-13-5-2-6-14-25)43-37(49)33-23-52-39(45-33)28-16-8-10-18-30(28)41/h1,3-4,7-12,15-18,22-23,25-26,31H,2,5-6,13-14,19-21H2,(H,42,48)(H,43,49). The van der Waals surface area contributed by atoms with Crippen LogP contribution in [-0.4, -0.2) is 45.8 Å². The maximum absolute atomic E-state index is 13.4. The summed E-state index contributed by atoms with van der Waals surface area (Å²) in [6.07, 6.45) is 4.63. The van der Waals surface area contributed by atoms with E-state index >= 15 is 0 Å². The molecule has 2 unspecified atom stereocenters. The van der Waals surface area contributed by atoms with Crippen molar-refractivity contribution in [1.29, 1.82) is 0 Å². The Hall–Kier alpha value is -4.42. The lowest BCUT2D eigenvalue weighted by atomic mass is 9.82. The van der Waals surface area contributed by atoms with Gasteiger partial charge >= 0.3 is 11.9 Å². The number of hydrogen-bond acceptors (Lipinski definition) is 9. The molecule has 13 heteroatoms. The summed E-state index contributed by atoms with van der Waals surface area (Å²) >= 11 is 15.3. The van der Waals surface area contributed by atoms with Gasteiger partial charge in [-0.3, -0.25) is 19.2 Å². The van der Waals surface area contributed by atoms with Crippen molar-refractivity contribution >= 4 is 69.6 Å². The van der Waals surface area contributed by atoms with Crippen molar-refractivity contribution in [2.75, 3.05) is 0 Å². The number of ether oxygens (including phenoxy) is 1. The summed E-state index contributed by atoms with van der Waals surface area (Å²) in [6, 6.07) is 22.7. The fourth-order valence-corrected chi connectivity index (χ4v) is 8.55. The Kier molecular flexibility index (Phi) is 12.8. The first-order chi connectivity index (χ1) is 25.2. The van der Waals surface area contributed by atoms with Crippen molar-refractivity contribution in [2.24, 2.45) is 5.92 Å². The molecule has 1 aliphatic carbocycles. The molecule has 3 aromatic carbocycles. The van der Waals surface area contributed by atoms with Crippen LogP contribution in [0.5, 0.6) is 0 Å². The summed E-state index contributed by atoms with van der Waals surface area (Å²) in [4.78, 5) is 62.2. The van der Waals surface area contributed by atoms with E-state index in [-0.39, 0.29) is 30.1 Å². The summed E-state index contributed by atoms with van der Waals surface area (Å²) in [5, 5.41) is 11.5. The molecule has 6 rings (SSSR count). The molecule has 268 valence electrons. The first kappa shape index (κ1) is 37.3. The van der Waals surface area contributed by atoms with E-state index < -0.39 is 35.8 Å². The Morgan fingerprint density at radius 3 is 1.79 bits per heavy atom. The first-order valence-electron chi connectivity index (χ1n) is 17.0. The molecule has 2 aromatic heterocycles. The van der Waals surface area contributed by atoms with Crippen LogP contribution < -0.4 is 10.6 Å². The zero-order chi connectivity index (χ0) is 36.5. The number of benzene rings is 3. The number of carbonyl (C=O) groups is 4. The molecule has 52 heavy (non-hydrogen) atoms. The van der Waals surface area contributed by atoms with Gasteiger partial charge in [0.2, 0.25) is 0 Å². The SMILES string of the molecule is O=C(CC(Cc1ccccc1)NC(=O)c1csc(-c2ccccc2Cl)n1)OC(=O)CC(NC(=O)c1csc(-c2ccccc2Cl)n1)C1CCCCC1. The molecule has 0 radical (unpaired) electrons. The summed E-state index contributed by atoms with van der Waals surface area (Å²) < 4.78 is 5.33. The largest absolute Gasteiger partial charge is 0.393 e. The second kappa shape index (κ2) is 17.9. The third-order valence-corrected chi connectivity index (χ3v) is 11.3. The molecule has 2 N–H and O–H groups in total. The number of nitrogens with zero attached hydrogens (tertiary/aromatic N) is 2. The molecule has 9 nitrogen and oxygen atoms in total. The number of esters is 2. The van der Waals surface area contributed by atoms with Gasteiger partial charge < -0.3 is 15.4 Å². The lowest BCUT2D eigenvalue weighted by Crippen LogP contribution is -2.43. The van der Waals surface area contributed by atoms with Crippen LogP contribution in [0.3, 0.4) is 0 Å². The van der Waals surface area contributed by atoms with Crippen LogP contribution in [0.2, 0.25) is 10.0 Å². The number of nitrogens with one attached hydrogen (secondary N) is 2. The molecule has 2 amide bonds. The maximum atomic E-state index is 13.4. The highest BCUT2D eigenvalue weighted by Gasteiger charge is 2.30. The Morgan fingerprint density at radius 2 is 1.21 bits per heavy atom. The highest BCUT2D eigenvalue weighted by Crippen LogP contribution is 2.32. The number of halogens is 2. The topological polar surface area (TPSA) is 127 Å². The number of amides is 2. The Balaban J connectivity index is 1.10. The summed E-state index contributed by atoms with van der Waals surface area (Å²) in [7, 11) is 0. The molecule has 0 spiro atoms. The molecular formula is C39H36Cl2N4O5S2. The number of hydrogen-bond donors (Lipinski definition) is 2. The van der Waals surface area contributed by atoms with Gasteiger partial charge in [0.1, 0.15) is 21.4 Å². The Labute approximate surface area is 319 Å². The minimum Gasteiger partial charge on any atom is -0.393 e. The van der Waals surface area contributed by atoms with Crippen LogP contribution in [0.15, 0.2) is 89.6 Å². The maximum Gasteiger partial charge on any atom is 0.315 e. The quantitative estimate of drug-likeness (QED) is 0.0904. The number of rotatable bonds is 13. The van der Waals surface area contributed by atoms with Crippen LogP contribution in [0.1, 0.15) is 71.5 Å². The molecule has 0 bridgehead atoms. The van der Waals surface area contributed by atoms with E-state index in [4.69, 9.17) is 27.9 Å². The number of aromatic nitrogens is 2. The molecule has 2 heterocycles. The second-order valence-electron chi connectivity index (χ2n) is 12.6. The van der Waals surface area contributed by atoms with E-state index in [1.807, 2.05) is 66.7 Å². The van der Waals surface area contributed by atoms with Crippen molar-refractivity contribution in [3.8, 4) is 21.1 Å². The van der Waals surface area contributed by atoms with Gasteiger partial charge in [-0.15, -0.1) is 22.7 Å². The van der Waals surface area contributed by atoms with Gasteiger partial charge in [-0.25, -0.2) is 9.97 Å². The van der Waals surface area contributed by atoms with Crippen molar-refractivity contribution < 1.29 is 23.9 Å². The first-order valence-corrected chi connectivity index (χ1v) is 19.5. The third kappa shape index (κ3) is 9.92. The van der Waals surface area contributed by atoms with Gasteiger partial charge in [0.25, 0.3) is 11.8 Å². The molecule has 0 aliphatic heterocycles. The van der Waals surface area contributed by atoms with Crippen LogP contribution in [-0.2, 0) is 20.7 Å². The second-order valence-corrected chi connectivity index (χ2v) is 15.2. The lowest BCUT2D eigenvalue weighted by Gasteiger charge is -2.30. The van der Waals surface area contributed by atoms with E-state index in [0.29, 0.717) is 32.0 Å². The third-order valence-electron chi connectivity index (χ3n) is 8.90. The normalized spacial score (nSPS) is 14.3. The lowest BCUT2D eigenvalue weighted by molar-refractivity contribution is -0.160. The number of thiazole rings is 2. The molecule has 0 saturated heterocycles. The van der Waals surface area contributed by atoms with E-state index in [0.717, 1.165) is 43.2 Å². The Bertz CT molecular complexity index is 2030. The van der Waals surface area contributed by atoms with Gasteiger partial charge in [0, 0.05) is 34.0 Å².